The molecule has 1 spiro atoms. The van der Waals surface area contributed by atoms with Gasteiger partial charge in [-0.05, 0) is 25.0 Å². The number of benzene rings is 1. The molecule has 0 saturated heterocycles. The molecule has 1 aliphatic heterocycles. The van der Waals surface area contributed by atoms with Crippen LogP contribution in [0.1, 0.15) is 24.0 Å². The third kappa shape index (κ3) is 2.64. The Morgan fingerprint density at radius 1 is 1.06 bits per heavy atom. The number of amides is 1. The highest BCUT2D eigenvalue weighted by Gasteiger charge is 2.57. The summed E-state index contributed by atoms with van der Waals surface area (Å²) in [6.45, 7) is -0.0496. The van der Waals surface area contributed by atoms with Crippen molar-refractivity contribution in [1.82, 2.24) is 24.7 Å². The topological polar surface area (TPSA) is 85.6 Å². The molecule has 0 unspecified atom stereocenters. The van der Waals surface area contributed by atoms with Crippen molar-refractivity contribution in [3.05, 3.63) is 65.2 Å². The summed E-state index contributed by atoms with van der Waals surface area (Å²) in [4.78, 5) is 25.2. The molecule has 0 atom stereocenters. The van der Waals surface area contributed by atoms with Gasteiger partial charge >= 0.3 is 0 Å². The lowest BCUT2D eigenvalue weighted by Crippen LogP contribution is -2.18. The minimum atomic E-state index is -0.724. The average molecular weight is 422 g/mol. The second-order valence-corrected chi connectivity index (χ2v) is 7.76. The van der Waals surface area contributed by atoms with Crippen LogP contribution in [0, 0.1) is 17.5 Å². The third-order valence-corrected chi connectivity index (χ3v) is 5.82. The van der Waals surface area contributed by atoms with Crippen LogP contribution in [0.3, 0.4) is 0 Å². The number of rotatable bonds is 3. The molecule has 0 radical (unpaired) electrons. The number of nitrogens with zero attached hydrogens (tertiary/aromatic N) is 5. The minimum Gasteiger partial charge on any atom is -0.310 e. The molecule has 31 heavy (non-hydrogen) atoms. The molecular weight excluding hydrogens is 409 g/mol. The van der Waals surface area contributed by atoms with Crippen LogP contribution in [0.25, 0.3) is 22.6 Å². The number of carbonyl (C=O) groups is 1. The predicted octanol–water partition coefficient (Wildman–Crippen LogP) is 3.34. The molecule has 1 amide bonds. The predicted molar refractivity (Wildman–Crippen MR) is 104 cm³/mol. The number of hydrogen-bond donors (Lipinski definition) is 1. The van der Waals surface area contributed by atoms with E-state index in [0.717, 1.165) is 36.7 Å². The summed E-state index contributed by atoms with van der Waals surface area (Å²) in [5.74, 6) is -1.47. The van der Waals surface area contributed by atoms with Crippen molar-refractivity contribution in [1.29, 1.82) is 0 Å². The van der Waals surface area contributed by atoms with Gasteiger partial charge in [-0.2, -0.15) is 5.10 Å². The highest BCUT2D eigenvalue weighted by atomic mass is 19.1. The minimum absolute atomic E-state index is 0.0496. The Hall–Kier alpha value is -3.82. The first-order valence-corrected chi connectivity index (χ1v) is 9.60. The van der Waals surface area contributed by atoms with Crippen LogP contribution < -0.4 is 5.32 Å². The number of carbonyl (C=O) groups excluding carboxylic acids is 1. The second kappa shape index (κ2) is 6.10. The molecule has 1 saturated carbocycles. The number of nitrogens with one attached hydrogen (secondary N) is 1. The van der Waals surface area contributed by atoms with Crippen molar-refractivity contribution in [2.45, 2.75) is 24.8 Å². The van der Waals surface area contributed by atoms with Crippen LogP contribution >= 0.6 is 0 Å². The van der Waals surface area contributed by atoms with Gasteiger partial charge in [-0.15, -0.1) is 0 Å². The maximum atomic E-state index is 14.2. The molecule has 4 heterocycles. The number of aromatic nitrogens is 5. The number of fused-ring (bicyclic) bond motifs is 3. The zero-order chi connectivity index (χ0) is 21.3. The van der Waals surface area contributed by atoms with Crippen molar-refractivity contribution in [2.75, 3.05) is 5.32 Å². The van der Waals surface area contributed by atoms with Crippen molar-refractivity contribution < 1.29 is 18.0 Å². The number of anilines is 1. The molecule has 6 rings (SSSR count). The van der Waals surface area contributed by atoms with E-state index in [1.54, 1.807) is 6.20 Å². The summed E-state index contributed by atoms with van der Waals surface area (Å²) in [5, 5.41) is 7.57. The van der Waals surface area contributed by atoms with Gasteiger partial charge in [-0.1, -0.05) is 6.07 Å². The lowest BCUT2D eigenvalue weighted by atomic mass is 10.0. The maximum Gasteiger partial charge on any atom is 0.236 e. The molecule has 1 aromatic carbocycles. The Balaban J connectivity index is 1.48. The Morgan fingerprint density at radius 3 is 2.68 bits per heavy atom. The largest absolute Gasteiger partial charge is 0.310 e. The number of hydrogen-bond acceptors (Lipinski definition) is 5. The van der Waals surface area contributed by atoms with E-state index in [0.29, 0.717) is 16.9 Å². The molecule has 4 aromatic rings. The first-order valence-electron chi connectivity index (χ1n) is 9.60. The van der Waals surface area contributed by atoms with Crippen LogP contribution in [-0.4, -0.2) is 30.6 Å². The van der Waals surface area contributed by atoms with Gasteiger partial charge in [0, 0.05) is 23.4 Å². The highest BCUT2D eigenvalue weighted by molar-refractivity contribution is 6.07. The summed E-state index contributed by atoms with van der Waals surface area (Å²) in [6, 6.07) is 4.50. The number of pyridine rings is 1. The zero-order valence-corrected chi connectivity index (χ0v) is 15.9. The fourth-order valence-electron chi connectivity index (χ4n) is 4.03. The van der Waals surface area contributed by atoms with E-state index in [-0.39, 0.29) is 29.5 Å². The molecule has 2 aliphatic rings. The van der Waals surface area contributed by atoms with E-state index in [1.807, 2.05) is 0 Å². The molecule has 3 aromatic heterocycles. The maximum absolute atomic E-state index is 14.2. The Morgan fingerprint density at radius 2 is 1.90 bits per heavy atom. The molecular formula is C21H13F3N6O. The second-order valence-electron chi connectivity index (χ2n) is 7.76. The number of halogens is 3. The van der Waals surface area contributed by atoms with Crippen molar-refractivity contribution in [3.63, 3.8) is 0 Å². The first kappa shape index (κ1) is 18.0. The van der Waals surface area contributed by atoms with E-state index in [2.05, 4.69) is 25.4 Å². The van der Waals surface area contributed by atoms with Crippen molar-refractivity contribution in [2.24, 2.45) is 0 Å². The van der Waals surface area contributed by atoms with Crippen LogP contribution in [0.2, 0.25) is 0 Å². The smallest absolute Gasteiger partial charge is 0.236 e. The van der Waals surface area contributed by atoms with Gasteiger partial charge in [-0.25, -0.2) is 32.8 Å². The SMILES string of the molecule is O=C1Nc2nc(-c3nn(Cc4ccc(F)cc4F)c4ncc(F)cc34)ncc2C12CC2. The molecule has 154 valence electrons. The van der Waals surface area contributed by atoms with E-state index < -0.39 is 22.9 Å². The van der Waals surface area contributed by atoms with Crippen molar-refractivity contribution in [3.8, 4) is 11.5 Å². The lowest BCUT2D eigenvalue weighted by Gasteiger charge is -2.05. The Kier molecular flexibility index (Phi) is 3.54. The molecule has 0 bridgehead atoms. The van der Waals surface area contributed by atoms with E-state index in [9.17, 15) is 18.0 Å². The summed E-state index contributed by atoms with van der Waals surface area (Å²) >= 11 is 0. The van der Waals surface area contributed by atoms with Gasteiger partial charge in [0.1, 0.15) is 29.0 Å². The van der Waals surface area contributed by atoms with Gasteiger partial charge in [0.15, 0.2) is 11.5 Å². The Bertz CT molecular complexity index is 1410. The average Bonchev–Trinajstić information content (AvgIpc) is 3.40. The van der Waals surface area contributed by atoms with Crippen LogP contribution in [-0.2, 0) is 16.8 Å². The van der Waals surface area contributed by atoms with Gasteiger partial charge in [-0.3, -0.25) is 4.79 Å². The summed E-state index contributed by atoms with van der Waals surface area (Å²) < 4.78 is 42.8. The van der Waals surface area contributed by atoms with Gasteiger partial charge < -0.3 is 5.32 Å². The quantitative estimate of drug-likeness (QED) is 0.547. The normalized spacial score (nSPS) is 16.0. The molecule has 1 N–H and O–H groups in total. The summed E-state index contributed by atoms with van der Waals surface area (Å²) in [6.07, 6.45) is 4.14. The lowest BCUT2D eigenvalue weighted by molar-refractivity contribution is -0.117. The summed E-state index contributed by atoms with van der Waals surface area (Å²) in [5.41, 5.74) is 0.970. The molecule has 1 aliphatic carbocycles. The van der Waals surface area contributed by atoms with Gasteiger partial charge in [0.25, 0.3) is 0 Å². The summed E-state index contributed by atoms with van der Waals surface area (Å²) in [7, 11) is 0. The van der Waals surface area contributed by atoms with E-state index >= 15 is 0 Å². The van der Waals surface area contributed by atoms with Crippen LogP contribution in [0.4, 0.5) is 19.0 Å². The van der Waals surface area contributed by atoms with Gasteiger partial charge in [0.2, 0.25) is 5.91 Å². The molecule has 7 nitrogen and oxygen atoms in total. The fourth-order valence-corrected chi connectivity index (χ4v) is 4.03. The third-order valence-electron chi connectivity index (χ3n) is 5.82. The monoisotopic (exact) mass is 422 g/mol. The molecule has 1 fully saturated rings. The fraction of sp³-hybridized carbons (Fsp3) is 0.190. The van der Waals surface area contributed by atoms with E-state index in [1.165, 1.54) is 16.8 Å². The first-order chi connectivity index (χ1) is 14.9. The van der Waals surface area contributed by atoms with Crippen LogP contribution in [0.15, 0.2) is 36.7 Å². The zero-order valence-electron chi connectivity index (χ0n) is 15.9. The van der Waals surface area contributed by atoms with Crippen LogP contribution in [0.5, 0.6) is 0 Å². The Labute approximate surface area is 173 Å². The van der Waals surface area contributed by atoms with E-state index in [4.69, 9.17) is 0 Å². The highest BCUT2D eigenvalue weighted by Crippen LogP contribution is 2.54. The van der Waals surface area contributed by atoms with Crippen molar-refractivity contribution >= 4 is 22.8 Å². The standard InChI is InChI=1S/C21H13F3N6O/c22-11-2-1-10(15(24)6-11)9-30-19-13(5-12(23)7-26-19)16(29-30)18-25-8-14-17(27-18)28-20(31)21(14)3-4-21/h1-2,5-8H,3-4,9H2,(H,25,27,28,31). The van der Waals surface area contributed by atoms with Gasteiger partial charge in [0.05, 0.1) is 23.5 Å². The molecule has 10 heteroatoms.